The maximum atomic E-state index is 12.3. The maximum absolute atomic E-state index is 12.3. The highest BCUT2D eigenvalue weighted by atomic mass is 19.1. The number of aliphatic hydroxyl groups is 1. The Bertz CT molecular complexity index is 683. The molecule has 1 aliphatic heterocycles. The zero-order chi connectivity index (χ0) is 22.6. The van der Waals surface area contributed by atoms with Gasteiger partial charge in [-0.3, -0.25) is 10.3 Å². The summed E-state index contributed by atoms with van der Waals surface area (Å²) in [6.07, 6.45) is 9.15. The Morgan fingerprint density at radius 3 is 2.33 bits per heavy atom. The van der Waals surface area contributed by atoms with Gasteiger partial charge >= 0.3 is 0 Å². The minimum atomic E-state index is -0.663. The van der Waals surface area contributed by atoms with Crippen molar-refractivity contribution in [1.29, 1.82) is 5.41 Å². The molecule has 1 aromatic rings. The average Bonchev–Trinajstić information content (AvgIpc) is 2.72. The standard InChI is InChI=1S/C7H6F2O.C7H9F.C7H14N4O/c8-6-1-5(4-10)2-7(9)3-6;1-2-3-4-5-6-7-8;8-6-10-7(9)5-11-1-3-12-4-2-11/h1-3,10H,4H2;2-6H,1,7H2;6H,1-5H2,(H3,8,9,10)/b;4-3-,6-5-;. The van der Waals surface area contributed by atoms with Crippen molar-refractivity contribution in [2.45, 2.75) is 6.61 Å². The Hall–Kier alpha value is -2.75. The third-order valence-corrected chi connectivity index (χ3v) is 3.41. The van der Waals surface area contributed by atoms with Crippen molar-refractivity contribution in [3.05, 3.63) is 72.4 Å². The van der Waals surface area contributed by atoms with Crippen molar-refractivity contribution in [2.24, 2.45) is 10.7 Å². The zero-order valence-corrected chi connectivity index (χ0v) is 16.8. The van der Waals surface area contributed by atoms with Crippen molar-refractivity contribution in [3.8, 4) is 0 Å². The minimum absolute atomic E-state index is 0.248. The van der Waals surface area contributed by atoms with Gasteiger partial charge in [-0.25, -0.2) is 18.2 Å². The van der Waals surface area contributed by atoms with Crippen molar-refractivity contribution in [3.63, 3.8) is 0 Å². The van der Waals surface area contributed by atoms with E-state index >= 15 is 0 Å². The lowest BCUT2D eigenvalue weighted by atomic mass is 10.2. The Labute approximate surface area is 175 Å². The first kappa shape index (κ1) is 27.2. The number of amidine groups is 1. The summed E-state index contributed by atoms with van der Waals surface area (Å²) in [5.41, 5.74) is 5.78. The minimum Gasteiger partial charge on any atom is -0.392 e. The Kier molecular flexibility index (Phi) is 16.6. The molecule has 0 bridgehead atoms. The second-order valence-corrected chi connectivity index (χ2v) is 5.78. The number of ether oxygens (including phenoxy) is 1. The monoisotopic (exact) mass is 426 g/mol. The Balaban J connectivity index is 0.000000431. The van der Waals surface area contributed by atoms with Crippen LogP contribution in [0.2, 0.25) is 0 Å². The van der Waals surface area contributed by atoms with Crippen molar-refractivity contribution in [1.82, 2.24) is 4.90 Å². The first-order chi connectivity index (χ1) is 14.5. The molecule has 0 atom stereocenters. The number of hydrogen-bond acceptors (Lipinski definition) is 4. The number of halogens is 3. The van der Waals surface area contributed by atoms with E-state index in [0.717, 1.165) is 50.8 Å². The number of aliphatic hydroxyl groups excluding tert-OH is 1. The van der Waals surface area contributed by atoms with Gasteiger partial charge in [0.2, 0.25) is 0 Å². The molecular weight excluding hydrogens is 397 g/mol. The third kappa shape index (κ3) is 15.2. The summed E-state index contributed by atoms with van der Waals surface area (Å²) in [4.78, 5) is 5.83. The van der Waals surface area contributed by atoms with Crippen LogP contribution in [0.25, 0.3) is 0 Å². The van der Waals surface area contributed by atoms with Gasteiger partial charge in [-0.2, -0.15) is 0 Å². The molecule has 0 aromatic heterocycles. The summed E-state index contributed by atoms with van der Waals surface area (Å²) in [6.45, 7) is 6.66. The molecule has 0 unspecified atom stereocenters. The molecule has 0 aliphatic carbocycles. The van der Waals surface area contributed by atoms with E-state index in [0.29, 0.717) is 12.4 Å². The van der Waals surface area contributed by atoms with E-state index in [1.165, 1.54) is 6.08 Å². The topological polar surface area (TPSA) is 94.9 Å². The summed E-state index contributed by atoms with van der Waals surface area (Å²) in [5, 5.41) is 15.2. The van der Waals surface area contributed by atoms with Crippen LogP contribution in [0.4, 0.5) is 13.2 Å². The molecule has 2 rings (SSSR count). The van der Waals surface area contributed by atoms with Gasteiger partial charge < -0.3 is 15.6 Å². The van der Waals surface area contributed by atoms with E-state index in [1.807, 2.05) is 0 Å². The number of nitrogens with two attached hydrogens (primary N) is 1. The van der Waals surface area contributed by atoms with Gasteiger partial charge in [0.1, 0.15) is 30.5 Å². The first-order valence-corrected chi connectivity index (χ1v) is 9.14. The molecule has 1 aliphatic rings. The van der Waals surface area contributed by atoms with Crippen molar-refractivity contribution >= 4 is 12.2 Å². The average molecular weight is 426 g/mol. The number of morpholine rings is 1. The molecule has 1 fully saturated rings. The number of alkyl halides is 1. The van der Waals surface area contributed by atoms with Crippen molar-refractivity contribution in [2.75, 3.05) is 39.5 Å². The van der Waals surface area contributed by atoms with Gasteiger partial charge in [0.15, 0.2) is 0 Å². The Morgan fingerprint density at radius 2 is 1.83 bits per heavy atom. The van der Waals surface area contributed by atoms with Gasteiger partial charge in [0, 0.05) is 19.2 Å². The van der Waals surface area contributed by atoms with Gasteiger partial charge in [0.05, 0.1) is 26.4 Å². The van der Waals surface area contributed by atoms with Gasteiger partial charge in [-0.15, -0.1) is 0 Å². The summed E-state index contributed by atoms with van der Waals surface area (Å²) >= 11 is 0. The zero-order valence-electron chi connectivity index (χ0n) is 16.8. The lowest BCUT2D eigenvalue weighted by Gasteiger charge is -2.25. The molecular formula is C21H29F3N4O2. The van der Waals surface area contributed by atoms with Crippen LogP contribution < -0.4 is 5.73 Å². The predicted octanol–water partition coefficient (Wildman–Crippen LogP) is 2.99. The second kappa shape index (κ2) is 18.3. The normalized spacial score (nSPS) is 14.6. The van der Waals surface area contributed by atoms with E-state index in [-0.39, 0.29) is 12.2 Å². The number of aliphatic imine (C=N–C) groups is 1. The van der Waals surface area contributed by atoms with E-state index in [2.05, 4.69) is 16.5 Å². The summed E-state index contributed by atoms with van der Waals surface area (Å²) < 4.78 is 41.0. The quantitative estimate of drug-likeness (QED) is 0.355. The van der Waals surface area contributed by atoms with Crippen LogP contribution in [0, 0.1) is 17.0 Å². The Morgan fingerprint density at radius 1 is 1.20 bits per heavy atom. The van der Waals surface area contributed by atoms with Crippen LogP contribution in [-0.2, 0) is 11.3 Å². The van der Waals surface area contributed by atoms with Crippen molar-refractivity contribution < 1.29 is 23.0 Å². The molecule has 6 nitrogen and oxygen atoms in total. The first-order valence-electron chi connectivity index (χ1n) is 9.14. The van der Waals surface area contributed by atoms with Crippen LogP contribution in [0.5, 0.6) is 0 Å². The molecule has 1 saturated heterocycles. The number of hydrogen-bond donors (Lipinski definition) is 3. The molecule has 9 heteroatoms. The highest BCUT2D eigenvalue weighted by Crippen LogP contribution is 2.06. The van der Waals surface area contributed by atoms with E-state index < -0.39 is 18.3 Å². The number of nitrogens with zero attached hydrogens (tertiary/aromatic N) is 2. The predicted molar refractivity (Wildman–Crippen MR) is 114 cm³/mol. The lowest BCUT2D eigenvalue weighted by Crippen LogP contribution is -2.41. The SMILES string of the molecule is C=C/C=C\C=C/CF.N=CN=C(N)CN1CCOCC1.OCc1cc(F)cc(F)c1. The van der Waals surface area contributed by atoms with E-state index in [4.69, 9.17) is 21.0 Å². The molecule has 30 heavy (non-hydrogen) atoms. The number of rotatable bonds is 7. The fourth-order valence-electron chi connectivity index (χ4n) is 2.09. The number of nitrogens with one attached hydrogen (secondary N) is 1. The highest BCUT2D eigenvalue weighted by Gasteiger charge is 2.10. The number of benzene rings is 1. The van der Waals surface area contributed by atoms with Crippen LogP contribution in [0.3, 0.4) is 0 Å². The van der Waals surface area contributed by atoms with E-state index in [9.17, 15) is 13.2 Å². The number of allylic oxidation sites excluding steroid dienone is 5. The van der Waals surface area contributed by atoms with Crippen LogP contribution in [0.1, 0.15) is 5.56 Å². The molecule has 0 amide bonds. The molecule has 0 saturated carbocycles. The van der Waals surface area contributed by atoms with Gasteiger partial charge in [-0.1, -0.05) is 37.0 Å². The second-order valence-electron chi connectivity index (χ2n) is 5.78. The van der Waals surface area contributed by atoms with Gasteiger partial charge in [0.25, 0.3) is 0 Å². The lowest BCUT2D eigenvalue weighted by molar-refractivity contribution is 0.0452. The molecule has 1 aromatic carbocycles. The van der Waals surface area contributed by atoms with Gasteiger partial charge in [-0.05, 0) is 17.7 Å². The summed E-state index contributed by atoms with van der Waals surface area (Å²) in [5.74, 6) is -0.833. The summed E-state index contributed by atoms with van der Waals surface area (Å²) in [7, 11) is 0. The van der Waals surface area contributed by atoms with Crippen LogP contribution in [0.15, 0.2) is 60.2 Å². The maximum Gasteiger partial charge on any atom is 0.126 e. The molecule has 0 spiro atoms. The third-order valence-electron chi connectivity index (χ3n) is 3.41. The molecule has 166 valence electrons. The molecule has 1 heterocycles. The molecule has 0 radical (unpaired) electrons. The van der Waals surface area contributed by atoms with Crippen LogP contribution in [-0.4, -0.2) is 61.7 Å². The van der Waals surface area contributed by atoms with Crippen LogP contribution >= 0.6 is 0 Å². The molecule has 4 N–H and O–H groups in total. The summed E-state index contributed by atoms with van der Waals surface area (Å²) in [6, 6.07) is 2.94. The largest absolute Gasteiger partial charge is 0.392 e. The fraction of sp³-hybridized carbons (Fsp3) is 0.333. The smallest absolute Gasteiger partial charge is 0.126 e. The highest BCUT2D eigenvalue weighted by molar-refractivity contribution is 5.88. The van der Waals surface area contributed by atoms with E-state index in [1.54, 1.807) is 24.3 Å². The fourth-order valence-corrected chi connectivity index (χ4v) is 2.09.